The molecule has 0 aliphatic heterocycles. The van der Waals surface area contributed by atoms with Crippen molar-refractivity contribution in [2.45, 2.75) is 18.9 Å². The minimum atomic E-state index is -1.12. The molecule has 0 saturated carbocycles. The molecule has 0 bridgehead atoms. The summed E-state index contributed by atoms with van der Waals surface area (Å²) in [5, 5.41) is 8.28. The lowest BCUT2D eigenvalue weighted by Gasteiger charge is -2.03. The van der Waals surface area contributed by atoms with Crippen molar-refractivity contribution in [2.24, 2.45) is 11.6 Å². The Kier molecular flexibility index (Phi) is 4.16. The number of carbonyl (C=O) groups excluding carboxylic acids is 1. The molecule has 6 N–H and O–H groups in total. The van der Waals surface area contributed by atoms with Crippen LogP contribution in [0.2, 0.25) is 0 Å². The van der Waals surface area contributed by atoms with Gasteiger partial charge in [0.15, 0.2) is 0 Å². The topological polar surface area (TPSA) is 118 Å². The largest absolute Gasteiger partial charge is 0.480 e. The van der Waals surface area contributed by atoms with Gasteiger partial charge >= 0.3 is 5.97 Å². The monoisotopic (exact) mass is 161 g/mol. The standard InChI is InChI=1S/C5H11N3O3/c6-3(5(10)11)1-2-4(9)8-7/h3H,1-2,6-7H2,(H,8,9)(H,10,11)/t3-/m0/s1. The molecule has 64 valence electrons. The molecule has 6 heteroatoms. The van der Waals surface area contributed by atoms with Gasteiger partial charge in [-0.25, -0.2) is 5.84 Å². The lowest BCUT2D eigenvalue weighted by atomic mass is 10.2. The normalized spacial score (nSPS) is 12.2. The minimum Gasteiger partial charge on any atom is -0.480 e. The van der Waals surface area contributed by atoms with Crippen molar-refractivity contribution in [3.05, 3.63) is 0 Å². The molecule has 0 rings (SSSR count). The number of hydrazine groups is 1. The van der Waals surface area contributed by atoms with Gasteiger partial charge in [0.2, 0.25) is 5.91 Å². The van der Waals surface area contributed by atoms with Gasteiger partial charge < -0.3 is 10.8 Å². The highest BCUT2D eigenvalue weighted by Crippen LogP contribution is 1.93. The Hall–Kier alpha value is -1.14. The summed E-state index contributed by atoms with van der Waals surface area (Å²) in [6, 6.07) is -0.993. The third kappa shape index (κ3) is 4.29. The van der Waals surface area contributed by atoms with Crippen LogP contribution in [0.3, 0.4) is 0 Å². The van der Waals surface area contributed by atoms with Gasteiger partial charge in [-0.1, -0.05) is 0 Å². The van der Waals surface area contributed by atoms with Gasteiger partial charge in [-0.2, -0.15) is 0 Å². The first-order valence-corrected chi connectivity index (χ1v) is 3.05. The molecule has 0 aromatic rings. The third-order valence-corrected chi connectivity index (χ3v) is 1.16. The Labute approximate surface area is 63.5 Å². The Bertz CT molecular complexity index is 159. The maximum Gasteiger partial charge on any atom is 0.320 e. The average Bonchev–Trinajstić information content (AvgIpc) is 1.99. The minimum absolute atomic E-state index is 0.0317. The van der Waals surface area contributed by atoms with E-state index in [1.807, 2.05) is 5.43 Å². The molecule has 0 aromatic carbocycles. The van der Waals surface area contributed by atoms with E-state index in [-0.39, 0.29) is 12.8 Å². The van der Waals surface area contributed by atoms with Gasteiger partial charge in [-0.3, -0.25) is 15.0 Å². The molecule has 0 fully saturated rings. The maximum absolute atomic E-state index is 10.5. The first-order chi connectivity index (χ1) is 5.07. The highest BCUT2D eigenvalue weighted by Gasteiger charge is 2.12. The number of carboxylic acids is 1. The lowest BCUT2D eigenvalue weighted by Crippen LogP contribution is -2.34. The fraction of sp³-hybridized carbons (Fsp3) is 0.600. The van der Waals surface area contributed by atoms with Crippen molar-refractivity contribution in [1.82, 2.24) is 5.43 Å². The van der Waals surface area contributed by atoms with Gasteiger partial charge in [0.25, 0.3) is 0 Å². The summed E-state index contributed by atoms with van der Waals surface area (Å²) in [5.74, 6) is 3.22. The quantitative estimate of drug-likeness (QED) is 0.220. The Balaban J connectivity index is 3.54. The average molecular weight is 161 g/mol. The summed E-state index contributed by atoms with van der Waals surface area (Å²) < 4.78 is 0. The van der Waals surface area contributed by atoms with E-state index >= 15 is 0 Å². The number of hydrogen-bond donors (Lipinski definition) is 4. The number of carboxylic acid groups (broad SMARTS) is 1. The number of amides is 1. The molecule has 0 spiro atoms. The van der Waals surface area contributed by atoms with E-state index < -0.39 is 17.9 Å². The van der Waals surface area contributed by atoms with Gasteiger partial charge in [0.1, 0.15) is 6.04 Å². The van der Waals surface area contributed by atoms with Crippen molar-refractivity contribution in [2.75, 3.05) is 0 Å². The fourth-order valence-corrected chi connectivity index (χ4v) is 0.482. The van der Waals surface area contributed by atoms with Crippen LogP contribution in [0.25, 0.3) is 0 Å². The van der Waals surface area contributed by atoms with Crippen LogP contribution in [-0.4, -0.2) is 23.0 Å². The smallest absolute Gasteiger partial charge is 0.320 e. The van der Waals surface area contributed by atoms with Gasteiger partial charge in [-0.15, -0.1) is 0 Å². The van der Waals surface area contributed by atoms with E-state index in [0.717, 1.165) is 0 Å². The highest BCUT2D eigenvalue weighted by molar-refractivity contribution is 5.77. The maximum atomic E-state index is 10.5. The number of rotatable bonds is 4. The summed E-state index contributed by atoms with van der Waals surface area (Å²) in [6.07, 6.45) is 0.127. The molecule has 0 aromatic heterocycles. The summed E-state index contributed by atoms with van der Waals surface area (Å²) >= 11 is 0. The molecular weight excluding hydrogens is 150 g/mol. The van der Waals surface area contributed by atoms with Crippen LogP contribution >= 0.6 is 0 Å². The number of nitrogens with two attached hydrogens (primary N) is 2. The Morgan fingerprint density at radius 1 is 1.55 bits per heavy atom. The summed E-state index contributed by atoms with van der Waals surface area (Å²) in [6.45, 7) is 0. The molecule has 1 amide bonds. The van der Waals surface area contributed by atoms with E-state index in [1.54, 1.807) is 0 Å². The molecule has 11 heavy (non-hydrogen) atoms. The van der Waals surface area contributed by atoms with Crippen LogP contribution in [0.5, 0.6) is 0 Å². The van der Waals surface area contributed by atoms with E-state index in [9.17, 15) is 9.59 Å². The molecule has 0 unspecified atom stereocenters. The number of carbonyl (C=O) groups is 2. The predicted molar refractivity (Wildman–Crippen MR) is 37.2 cm³/mol. The van der Waals surface area contributed by atoms with Crippen molar-refractivity contribution < 1.29 is 14.7 Å². The molecule has 0 aliphatic rings. The number of hydrogen-bond acceptors (Lipinski definition) is 4. The first kappa shape index (κ1) is 9.86. The van der Waals surface area contributed by atoms with E-state index in [0.29, 0.717) is 0 Å². The van der Waals surface area contributed by atoms with Crippen LogP contribution in [0.4, 0.5) is 0 Å². The Morgan fingerprint density at radius 3 is 2.45 bits per heavy atom. The van der Waals surface area contributed by atoms with E-state index in [4.69, 9.17) is 16.7 Å². The molecule has 1 atom stereocenters. The molecule has 0 heterocycles. The number of aliphatic carboxylic acids is 1. The van der Waals surface area contributed by atoms with Crippen molar-refractivity contribution in [3.8, 4) is 0 Å². The zero-order valence-corrected chi connectivity index (χ0v) is 5.91. The summed E-state index contributed by atoms with van der Waals surface area (Å²) in [5.41, 5.74) is 6.97. The first-order valence-electron chi connectivity index (χ1n) is 3.05. The summed E-state index contributed by atoms with van der Waals surface area (Å²) in [4.78, 5) is 20.6. The lowest BCUT2D eigenvalue weighted by molar-refractivity contribution is -0.138. The second-order valence-corrected chi connectivity index (χ2v) is 2.05. The fourth-order valence-electron chi connectivity index (χ4n) is 0.482. The summed E-state index contributed by atoms with van der Waals surface area (Å²) in [7, 11) is 0. The van der Waals surface area contributed by atoms with Gasteiger partial charge in [-0.05, 0) is 6.42 Å². The zero-order chi connectivity index (χ0) is 8.85. The van der Waals surface area contributed by atoms with Gasteiger partial charge in [0.05, 0.1) is 0 Å². The molecule has 6 nitrogen and oxygen atoms in total. The van der Waals surface area contributed by atoms with Crippen molar-refractivity contribution >= 4 is 11.9 Å². The second kappa shape index (κ2) is 4.64. The molecule has 0 radical (unpaired) electrons. The van der Waals surface area contributed by atoms with Crippen molar-refractivity contribution in [1.29, 1.82) is 0 Å². The SMILES string of the molecule is NNC(=O)CC[C@H](N)C(=O)O. The Morgan fingerprint density at radius 2 is 2.09 bits per heavy atom. The van der Waals surface area contributed by atoms with Crippen molar-refractivity contribution in [3.63, 3.8) is 0 Å². The second-order valence-electron chi connectivity index (χ2n) is 2.05. The van der Waals surface area contributed by atoms with Crippen LogP contribution in [0, 0.1) is 0 Å². The molecule has 0 aliphatic carbocycles. The predicted octanol–water partition coefficient (Wildman–Crippen LogP) is -1.83. The van der Waals surface area contributed by atoms with Crippen LogP contribution in [0.15, 0.2) is 0 Å². The van der Waals surface area contributed by atoms with E-state index in [2.05, 4.69) is 0 Å². The molecular formula is C5H11N3O3. The molecule has 0 saturated heterocycles. The van der Waals surface area contributed by atoms with Crippen LogP contribution in [-0.2, 0) is 9.59 Å². The highest BCUT2D eigenvalue weighted by atomic mass is 16.4. The third-order valence-electron chi connectivity index (χ3n) is 1.16. The van der Waals surface area contributed by atoms with E-state index in [1.165, 1.54) is 0 Å². The zero-order valence-electron chi connectivity index (χ0n) is 5.91. The number of nitrogens with one attached hydrogen (secondary N) is 1. The van der Waals surface area contributed by atoms with Gasteiger partial charge in [0, 0.05) is 6.42 Å². The van der Waals surface area contributed by atoms with Crippen LogP contribution < -0.4 is 17.0 Å². The van der Waals surface area contributed by atoms with Crippen LogP contribution in [0.1, 0.15) is 12.8 Å².